The number of methoxy groups -OCH3 is 1. The number of nitrogens with zero attached hydrogens (tertiary/aromatic N) is 2. The molecule has 0 radical (unpaired) electrons. The Morgan fingerprint density at radius 3 is 2.57 bits per heavy atom. The molecule has 200 valence electrons. The van der Waals surface area contributed by atoms with Crippen LogP contribution in [-0.4, -0.2) is 67.0 Å². The summed E-state index contributed by atoms with van der Waals surface area (Å²) >= 11 is 0. The molecule has 2 atom stereocenters. The van der Waals surface area contributed by atoms with Gasteiger partial charge in [0.25, 0.3) is 5.91 Å². The zero-order valence-electron chi connectivity index (χ0n) is 22.3. The molecule has 7 heteroatoms. The molecular formula is C30H42N4O3. The van der Waals surface area contributed by atoms with Crippen LogP contribution < -0.4 is 15.8 Å². The number of nitrogens with one attached hydrogen (secondary N) is 1. The number of hydrogen-bond acceptors (Lipinski definition) is 5. The predicted molar refractivity (Wildman–Crippen MR) is 146 cm³/mol. The van der Waals surface area contributed by atoms with Gasteiger partial charge in [-0.3, -0.25) is 14.5 Å². The van der Waals surface area contributed by atoms with E-state index in [0.717, 1.165) is 24.4 Å². The Labute approximate surface area is 221 Å². The van der Waals surface area contributed by atoms with E-state index in [9.17, 15) is 9.59 Å². The Morgan fingerprint density at radius 2 is 1.86 bits per heavy atom. The van der Waals surface area contributed by atoms with Gasteiger partial charge in [-0.05, 0) is 61.9 Å². The molecular weight excluding hydrogens is 464 g/mol. The Balaban J connectivity index is 1.59. The van der Waals surface area contributed by atoms with Gasteiger partial charge in [-0.25, -0.2) is 0 Å². The van der Waals surface area contributed by atoms with Gasteiger partial charge in [0.1, 0.15) is 11.8 Å². The maximum atomic E-state index is 13.6. The fraction of sp³-hybridized carbons (Fsp3) is 0.533. The molecule has 2 aromatic carbocycles. The highest BCUT2D eigenvalue weighted by Crippen LogP contribution is 2.31. The van der Waals surface area contributed by atoms with E-state index in [4.69, 9.17) is 10.5 Å². The number of nitrogens with two attached hydrogens (primary N) is 1. The van der Waals surface area contributed by atoms with Gasteiger partial charge in [0.2, 0.25) is 5.91 Å². The molecule has 0 spiro atoms. The van der Waals surface area contributed by atoms with E-state index < -0.39 is 6.04 Å². The van der Waals surface area contributed by atoms with Gasteiger partial charge in [-0.15, -0.1) is 0 Å². The van der Waals surface area contributed by atoms with Crippen molar-refractivity contribution in [3.05, 3.63) is 65.2 Å². The second-order valence-corrected chi connectivity index (χ2v) is 10.6. The minimum absolute atomic E-state index is 0.0885. The van der Waals surface area contributed by atoms with E-state index >= 15 is 0 Å². The van der Waals surface area contributed by atoms with E-state index in [1.807, 2.05) is 43.3 Å². The molecule has 2 aromatic rings. The van der Waals surface area contributed by atoms with E-state index in [1.54, 1.807) is 12.0 Å². The third kappa shape index (κ3) is 7.11. The predicted octanol–water partition coefficient (Wildman–Crippen LogP) is 3.74. The molecule has 7 nitrogen and oxygen atoms in total. The second-order valence-electron chi connectivity index (χ2n) is 10.6. The minimum Gasteiger partial charge on any atom is -0.497 e. The van der Waals surface area contributed by atoms with Crippen LogP contribution in [0.4, 0.5) is 0 Å². The number of carbonyl (C=O) groups is 2. The quantitative estimate of drug-likeness (QED) is 0.513. The molecule has 0 aromatic heterocycles. The van der Waals surface area contributed by atoms with Crippen LogP contribution in [0.5, 0.6) is 5.75 Å². The molecule has 2 amide bonds. The molecule has 1 saturated heterocycles. The van der Waals surface area contributed by atoms with E-state index in [0.29, 0.717) is 37.5 Å². The summed E-state index contributed by atoms with van der Waals surface area (Å²) in [6, 6.07) is 15.4. The van der Waals surface area contributed by atoms with Gasteiger partial charge in [-0.2, -0.15) is 0 Å². The zero-order valence-corrected chi connectivity index (χ0v) is 22.3. The lowest BCUT2D eigenvalue weighted by Crippen LogP contribution is -2.47. The van der Waals surface area contributed by atoms with Crippen molar-refractivity contribution in [2.24, 2.45) is 11.7 Å². The van der Waals surface area contributed by atoms with Gasteiger partial charge >= 0.3 is 0 Å². The van der Waals surface area contributed by atoms with Crippen LogP contribution in [0.2, 0.25) is 0 Å². The van der Waals surface area contributed by atoms with Gasteiger partial charge < -0.3 is 20.7 Å². The van der Waals surface area contributed by atoms with Crippen molar-refractivity contribution in [2.45, 2.75) is 64.1 Å². The molecule has 1 heterocycles. The van der Waals surface area contributed by atoms with Crippen molar-refractivity contribution in [3.63, 3.8) is 0 Å². The molecule has 1 aliphatic heterocycles. The SMILES string of the molecule is COc1cccc(CN(CC2CCCCC2)C2CC(C(=O)NCCN)N(C(=O)c3ccc(C)cc3)C2)c1. The van der Waals surface area contributed by atoms with Crippen LogP contribution >= 0.6 is 0 Å². The van der Waals surface area contributed by atoms with Gasteiger partial charge in [0, 0.05) is 44.3 Å². The highest BCUT2D eigenvalue weighted by atomic mass is 16.5. The van der Waals surface area contributed by atoms with E-state index in [1.165, 1.54) is 37.7 Å². The van der Waals surface area contributed by atoms with Crippen LogP contribution in [0.15, 0.2) is 48.5 Å². The second kappa shape index (κ2) is 13.1. The standard InChI is InChI=1S/C30H42N4O3/c1-22-11-13-25(14-12-22)30(36)34-21-26(18-28(34)29(35)32-16-15-31)33(19-23-7-4-3-5-8-23)20-24-9-6-10-27(17-24)37-2/h6,9-14,17,23,26,28H,3-5,7-8,15-16,18-21,31H2,1-2H3,(H,32,35). The first-order valence-corrected chi connectivity index (χ1v) is 13.7. The third-order valence-corrected chi connectivity index (χ3v) is 7.84. The summed E-state index contributed by atoms with van der Waals surface area (Å²) in [5.74, 6) is 1.28. The summed E-state index contributed by atoms with van der Waals surface area (Å²) in [6.07, 6.45) is 6.99. The van der Waals surface area contributed by atoms with Crippen LogP contribution in [0.3, 0.4) is 0 Å². The molecule has 2 fully saturated rings. The Hall–Kier alpha value is -2.90. The average Bonchev–Trinajstić information content (AvgIpc) is 3.38. The Morgan fingerprint density at radius 1 is 1.11 bits per heavy atom. The molecule has 2 unspecified atom stereocenters. The van der Waals surface area contributed by atoms with Crippen molar-refractivity contribution < 1.29 is 14.3 Å². The van der Waals surface area contributed by atoms with E-state index in [-0.39, 0.29) is 17.9 Å². The molecule has 4 rings (SSSR count). The first-order chi connectivity index (χ1) is 18.0. The number of amides is 2. The van der Waals surface area contributed by atoms with Crippen LogP contribution in [0.1, 0.15) is 60.0 Å². The molecule has 1 aliphatic carbocycles. The van der Waals surface area contributed by atoms with Crippen molar-refractivity contribution in [1.29, 1.82) is 0 Å². The summed E-state index contributed by atoms with van der Waals surface area (Å²) in [7, 11) is 1.69. The van der Waals surface area contributed by atoms with Gasteiger partial charge in [0.15, 0.2) is 0 Å². The van der Waals surface area contributed by atoms with Crippen LogP contribution in [-0.2, 0) is 11.3 Å². The maximum absolute atomic E-state index is 13.6. The topological polar surface area (TPSA) is 87.9 Å². The van der Waals surface area contributed by atoms with Gasteiger partial charge in [-0.1, -0.05) is 49.1 Å². The van der Waals surface area contributed by atoms with Crippen molar-refractivity contribution in [1.82, 2.24) is 15.1 Å². The van der Waals surface area contributed by atoms with E-state index in [2.05, 4.69) is 22.3 Å². The van der Waals surface area contributed by atoms with Crippen molar-refractivity contribution in [2.75, 3.05) is 33.3 Å². The number of aryl methyl sites for hydroxylation is 1. The summed E-state index contributed by atoms with van der Waals surface area (Å²) in [4.78, 5) is 31.1. The number of rotatable bonds is 10. The largest absolute Gasteiger partial charge is 0.497 e. The summed E-state index contributed by atoms with van der Waals surface area (Å²) in [5.41, 5.74) is 8.56. The molecule has 3 N–H and O–H groups in total. The lowest BCUT2D eigenvalue weighted by atomic mass is 9.88. The van der Waals surface area contributed by atoms with Crippen LogP contribution in [0, 0.1) is 12.8 Å². The Kier molecular flexibility index (Phi) is 9.58. The minimum atomic E-state index is -0.510. The zero-order chi connectivity index (χ0) is 26.2. The summed E-state index contributed by atoms with van der Waals surface area (Å²) < 4.78 is 5.47. The smallest absolute Gasteiger partial charge is 0.254 e. The normalized spacial score (nSPS) is 20.3. The number of hydrogen-bond donors (Lipinski definition) is 2. The molecule has 37 heavy (non-hydrogen) atoms. The summed E-state index contributed by atoms with van der Waals surface area (Å²) in [5, 5.41) is 2.93. The fourth-order valence-corrected chi connectivity index (χ4v) is 5.78. The number of carbonyl (C=O) groups excluding carboxylic acids is 2. The lowest BCUT2D eigenvalue weighted by Gasteiger charge is -2.34. The highest BCUT2D eigenvalue weighted by Gasteiger charge is 2.42. The third-order valence-electron chi connectivity index (χ3n) is 7.84. The number of ether oxygens (including phenoxy) is 1. The molecule has 0 bridgehead atoms. The van der Waals surface area contributed by atoms with Crippen LogP contribution in [0.25, 0.3) is 0 Å². The number of likely N-dealkylation sites (tertiary alicyclic amines) is 1. The monoisotopic (exact) mass is 506 g/mol. The van der Waals surface area contributed by atoms with Gasteiger partial charge in [0.05, 0.1) is 7.11 Å². The Bertz CT molecular complexity index is 1040. The molecule has 1 saturated carbocycles. The lowest BCUT2D eigenvalue weighted by molar-refractivity contribution is -0.124. The highest BCUT2D eigenvalue weighted by molar-refractivity contribution is 5.98. The average molecular weight is 507 g/mol. The number of benzene rings is 2. The van der Waals surface area contributed by atoms with Crippen molar-refractivity contribution >= 4 is 11.8 Å². The summed E-state index contributed by atoms with van der Waals surface area (Å²) in [6.45, 7) is 5.06. The first-order valence-electron chi connectivity index (χ1n) is 13.7. The molecule has 2 aliphatic rings. The van der Waals surface area contributed by atoms with Crippen molar-refractivity contribution in [3.8, 4) is 5.75 Å². The maximum Gasteiger partial charge on any atom is 0.254 e. The first kappa shape index (κ1) is 27.1. The fourth-order valence-electron chi connectivity index (χ4n) is 5.78.